The molecule has 2 aromatic rings. The van der Waals surface area contributed by atoms with Crippen LogP contribution in [0, 0.1) is 6.92 Å². The van der Waals surface area contributed by atoms with E-state index in [9.17, 15) is 9.59 Å². The maximum Gasteiger partial charge on any atom is 0.321 e. The zero-order valence-electron chi connectivity index (χ0n) is 15.2. The van der Waals surface area contributed by atoms with E-state index in [2.05, 4.69) is 10.6 Å². The van der Waals surface area contributed by atoms with Crippen LogP contribution in [0.3, 0.4) is 0 Å². The molecule has 0 aliphatic carbocycles. The van der Waals surface area contributed by atoms with Gasteiger partial charge in [-0.1, -0.05) is 24.3 Å². The number of thiophene rings is 1. The van der Waals surface area contributed by atoms with Crippen molar-refractivity contribution in [2.75, 3.05) is 33.3 Å². The van der Waals surface area contributed by atoms with Crippen LogP contribution in [-0.4, -0.2) is 50.1 Å². The molecule has 0 spiro atoms. The predicted molar refractivity (Wildman–Crippen MR) is 104 cm³/mol. The first-order valence-electron chi connectivity index (χ1n) is 8.51. The lowest BCUT2D eigenvalue weighted by Gasteiger charge is -2.17. The fraction of sp³-hybridized carbons (Fsp3) is 0.368. The molecule has 26 heavy (non-hydrogen) atoms. The Kier molecular flexibility index (Phi) is 8.11. The Labute approximate surface area is 158 Å². The zero-order chi connectivity index (χ0) is 18.8. The SMILES string of the molecule is Cc1ccccc1OCCN(C)CC(=O)NC(=O)NCCc1cccs1. The summed E-state index contributed by atoms with van der Waals surface area (Å²) in [5, 5.41) is 7.03. The molecule has 7 heteroatoms. The first-order valence-corrected chi connectivity index (χ1v) is 9.39. The van der Waals surface area contributed by atoms with E-state index in [1.54, 1.807) is 11.3 Å². The molecule has 2 N–H and O–H groups in total. The van der Waals surface area contributed by atoms with Crippen LogP contribution in [0.4, 0.5) is 4.79 Å². The first kappa shape index (κ1) is 19.9. The summed E-state index contributed by atoms with van der Waals surface area (Å²) in [6.45, 7) is 3.68. The minimum Gasteiger partial charge on any atom is -0.492 e. The molecule has 0 saturated heterocycles. The highest BCUT2D eigenvalue weighted by molar-refractivity contribution is 7.09. The number of hydrogen-bond donors (Lipinski definition) is 2. The van der Waals surface area contributed by atoms with E-state index in [0.29, 0.717) is 19.7 Å². The number of carbonyl (C=O) groups excluding carboxylic acids is 2. The number of nitrogens with zero attached hydrogens (tertiary/aromatic N) is 1. The molecule has 0 aliphatic rings. The Morgan fingerprint density at radius 2 is 2.00 bits per heavy atom. The Bertz CT molecular complexity index is 704. The smallest absolute Gasteiger partial charge is 0.321 e. The van der Waals surface area contributed by atoms with Crippen molar-refractivity contribution in [3.63, 3.8) is 0 Å². The lowest BCUT2D eigenvalue weighted by Crippen LogP contribution is -2.44. The Morgan fingerprint density at radius 1 is 1.19 bits per heavy atom. The van der Waals surface area contributed by atoms with E-state index >= 15 is 0 Å². The van der Waals surface area contributed by atoms with Crippen LogP contribution in [0.15, 0.2) is 41.8 Å². The van der Waals surface area contributed by atoms with Crippen LogP contribution in [-0.2, 0) is 11.2 Å². The molecule has 0 fully saturated rings. The van der Waals surface area contributed by atoms with Crippen molar-refractivity contribution >= 4 is 23.3 Å². The molecular formula is C19H25N3O3S. The van der Waals surface area contributed by atoms with Crippen molar-refractivity contribution in [3.05, 3.63) is 52.2 Å². The molecule has 1 heterocycles. The summed E-state index contributed by atoms with van der Waals surface area (Å²) in [6.07, 6.45) is 0.759. The van der Waals surface area contributed by atoms with Gasteiger partial charge in [-0.25, -0.2) is 4.79 Å². The van der Waals surface area contributed by atoms with Crippen molar-refractivity contribution in [1.82, 2.24) is 15.5 Å². The van der Waals surface area contributed by atoms with Gasteiger partial charge in [-0.2, -0.15) is 0 Å². The second kappa shape index (κ2) is 10.6. The second-order valence-electron chi connectivity index (χ2n) is 5.99. The number of urea groups is 1. The molecule has 3 amide bonds. The quantitative estimate of drug-likeness (QED) is 0.706. The van der Waals surface area contributed by atoms with E-state index < -0.39 is 6.03 Å². The van der Waals surface area contributed by atoms with E-state index in [1.165, 1.54) is 4.88 Å². The molecule has 140 valence electrons. The van der Waals surface area contributed by atoms with Gasteiger partial charge in [-0.15, -0.1) is 11.3 Å². The zero-order valence-corrected chi connectivity index (χ0v) is 16.0. The van der Waals surface area contributed by atoms with Crippen molar-refractivity contribution in [2.45, 2.75) is 13.3 Å². The van der Waals surface area contributed by atoms with E-state index in [4.69, 9.17) is 4.74 Å². The number of para-hydroxylation sites is 1. The third-order valence-corrected chi connectivity index (χ3v) is 4.66. The van der Waals surface area contributed by atoms with Gasteiger partial charge in [0.1, 0.15) is 12.4 Å². The highest BCUT2D eigenvalue weighted by Gasteiger charge is 2.10. The van der Waals surface area contributed by atoms with E-state index in [1.807, 2.05) is 60.6 Å². The molecule has 0 aliphatic heterocycles. The summed E-state index contributed by atoms with van der Waals surface area (Å²) in [5.41, 5.74) is 1.08. The number of hydrogen-bond acceptors (Lipinski definition) is 5. The van der Waals surface area contributed by atoms with Gasteiger partial charge < -0.3 is 10.1 Å². The summed E-state index contributed by atoms with van der Waals surface area (Å²) in [7, 11) is 1.81. The van der Waals surface area contributed by atoms with Gasteiger partial charge in [-0.05, 0) is 43.5 Å². The normalized spacial score (nSPS) is 10.6. The Morgan fingerprint density at radius 3 is 2.73 bits per heavy atom. The number of amides is 3. The number of nitrogens with one attached hydrogen (secondary N) is 2. The summed E-state index contributed by atoms with van der Waals surface area (Å²) < 4.78 is 5.71. The average Bonchev–Trinajstić information content (AvgIpc) is 3.09. The topological polar surface area (TPSA) is 70.7 Å². The van der Waals surface area contributed by atoms with Gasteiger partial charge in [0, 0.05) is 18.0 Å². The number of imide groups is 1. The molecule has 1 aromatic heterocycles. The molecule has 2 rings (SSSR count). The molecule has 0 atom stereocenters. The van der Waals surface area contributed by atoms with Gasteiger partial charge in [-0.3, -0.25) is 15.0 Å². The first-order chi connectivity index (χ1) is 12.5. The predicted octanol–water partition coefficient (Wildman–Crippen LogP) is 2.44. The molecule has 1 aromatic carbocycles. The molecule has 0 radical (unpaired) electrons. The average molecular weight is 375 g/mol. The third-order valence-electron chi connectivity index (χ3n) is 3.73. The third kappa shape index (κ3) is 7.25. The van der Waals surface area contributed by atoms with Crippen LogP contribution in [0.5, 0.6) is 5.75 Å². The van der Waals surface area contributed by atoms with E-state index in [-0.39, 0.29) is 12.5 Å². The fourth-order valence-corrected chi connectivity index (χ4v) is 3.03. The van der Waals surface area contributed by atoms with Crippen LogP contribution in [0.1, 0.15) is 10.4 Å². The highest BCUT2D eigenvalue weighted by Crippen LogP contribution is 2.15. The number of ether oxygens (including phenoxy) is 1. The minimum atomic E-state index is -0.462. The molecule has 6 nitrogen and oxygen atoms in total. The van der Waals surface area contributed by atoms with Crippen molar-refractivity contribution in [1.29, 1.82) is 0 Å². The van der Waals surface area contributed by atoms with Gasteiger partial charge >= 0.3 is 6.03 Å². The lowest BCUT2D eigenvalue weighted by atomic mass is 10.2. The van der Waals surface area contributed by atoms with Crippen LogP contribution in [0.25, 0.3) is 0 Å². The molecule has 0 saturated carbocycles. The number of rotatable bonds is 9. The molecule has 0 bridgehead atoms. The maximum absolute atomic E-state index is 11.9. The summed E-state index contributed by atoms with van der Waals surface area (Å²) in [4.78, 5) is 26.6. The second-order valence-corrected chi connectivity index (χ2v) is 7.02. The summed E-state index contributed by atoms with van der Waals surface area (Å²) >= 11 is 1.65. The highest BCUT2D eigenvalue weighted by atomic mass is 32.1. The maximum atomic E-state index is 11.9. The van der Waals surface area contributed by atoms with Gasteiger partial charge in [0.25, 0.3) is 0 Å². The summed E-state index contributed by atoms with van der Waals surface area (Å²) in [6, 6.07) is 11.3. The van der Waals surface area contributed by atoms with Crippen LogP contribution in [0.2, 0.25) is 0 Å². The Hall–Kier alpha value is -2.38. The number of aryl methyl sites for hydroxylation is 1. The van der Waals surface area contributed by atoms with Crippen molar-refractivity contribution in [2.24, 2.45) is 0 Å². The minimum absolute atomic E-state index is 0.134. The van der Waals surface area contributed by atoms with Gasteiger partial charge in [0.15, 0.2) is 0 Å². The Balaban J connectivity index is 1.59. The van der Waals surface area contributed by atoms with Crippen molar-refractivity contribution in [3.8, 4) is 5.75 Å². The number of likely N-dealkylation sites (N-methyl/N-ethyl adjacent to an activating group) is 1. The van der Waals surface area contributed by atoms with Crippen LogP contribution < -0.4 is 15.4 Å². The lowest BCUT2D eigenvalue weighted by molar-refractivity contribution is -0.120. The standard InChI is InChI=1S/C19H25N3O3S/c1-15-6-3-4-8-17(15)25-12-11-22(2)14-18(23)21-19(24)20-10-9-16-7-5-13-26-16/h3-8,13H,9-12,14H2,1-2H3,(H2,20,21,23,24). The monoisotopic (exact) mass is 375 g/mol. The molecule has 0 unspecified atom stereocenters. The van der Waals surface area contributed by atoms with Crippen molar-refractivity contribution < 1.29 is 14.3 Å². The largest absolute Gasteiger partial charge is 0.492 e. The van der Waals surface area contributed by atoms with Gasteiger partial charge in [0.2, 0.25) is 5.91 Å². The van der Waals surface area contributed by atoms with Gasteiger partial charge in [0.05, 0.1) is 6.54 Å². The fourth-order valence-electron chi connectivity index (χ4n) is 2.32. The summed E-state index contributed by atoms with van der Waals surface area (Å²) in [5.74, 6) is 0.507. The molecular weight excluding hydrogens is 350 g/mol. The van der Waals surface area contributed by atoms with Crippen LogP contribution >= 0.6 is 11.3 Å². The van der Waals surface area contributed by atoms with E-state index in [0.717, 1.165) is 17.7 Å². The number of carbonyl (C=O) groups is 2. The number of benzene rings is 1.